The molecule has 0 aromatic heterocycles. The lowest BCUT2D eigenvalue weighted by Crippen LogP contribution is -2.35. The topological polar surface area (TPSA) is 99.1 Å². The summed E-state index contributed by atoms with van der Waals surface area (Å²) in [5.41, 5.74) is 4.33. The van der Waals surface area contributed by atoms with Gasteiger partial charge in [-0.1, -0.05) is 75.2 Å². The van der Waals surface area contributed by atoms with Gasteiger partial charge in [0.05, 0.1) is 6.54 Å². The molecule has 4 rings (SSSR count). The van der Waals surface area contributed by atoms with Gasteiger partial charge in [0.15, 0.2) is 5.78 Å². The highest BCUT2D eigenvalue weighted by molar-refractivity contribution is 6.58. The number of amides is 1. The van der Waals surface area contributed by atoms with Crippen LogP contribution in [0.3, 0.4) is 0 Å². The van der Waals surface area contributed by atoms with E-state index in [0.717, 1.165) is 18.9 Å². The second-order valence-electron chi connectivity index (χ2n) is 11.9. The first-order valence-electron chi connectivity index (χ1n) is 15.3. The van der Waals surface area contributed by atoms with Crippen LogP contribution < -0.4 is 10.8 Å². The number of ketones is 1. The van der Waals surface area contributed by atoms with Crippen molar-refractivity contribution in [2.24, 2.45) is 0 Å². The summed E-state index contributed by atoms with van der Waals surface area (Å²) < 4.78 is 5.10. The maximum Gasteiger partial charge on any atom is 0.488 e. The molecule has 0 aliphatic carbocycles. The molecule has 226 valence electrons. The average Bonchev–Trinajstić information content (AvgIpc) is 3.64. The standard InChI is InChI=1S/C14H21N.C10H15BO2.C9H15NO3/c1-2-3-4-12-5-7-13(8-6-12)14-9-10-15-11-14;1-2-3-4-9-5-7-10(8-6-9)11(12)13;1-9(2,3)13-8(12)10-5-4-7(11)6-10/h5-8,14-15H,2-4,9-11H2,1H3;5-8,12-13H,2-4H2,1H3;4-6H2,1-3H3. The van der Waals surface area contributed by atoms with Crippen molar-refractivity contribution in [2.75, 3.05) is 26.2 Å². The van der Waals surface area contributed by atoms with Gasteiger partial charge >= 0.3 is 13.2 Å². The van der Waals surface area contributed by atoms with Crippen molar-refractivity contribution in [3.63, 3.8) is 0 Å². The van der Waals surface area contributed by atoms with Gasteiger partial charge in [0, 0.05) is 19.5 Å². The number of hydrogen-bond donors (Lipinski definition) is 3. The van der Waals surface area contributed by atoms with E-state index in [2.05, 4.69) is 43.4 Å². The van der Waals surface area contributed by atoms with Gasteiger partial charge < -0.3 is 25.0 Å². The van der Waals surface area contributed by atoms with Gasteiger partial charge in [-0.15, -0.1) is 0 Å². The number of nitrogens with zero attached hydrogens (tertiary/aromatic N) is 1. The summed E-state index contributed by atoms with van der Waals surface area (Å²) >= 11 is 0. The third kappa shape index (κ3) is 13.7. The Morgan fingerprint density at radius 3 is 1.95 bits per heavy atom. The van der Waals surface area contributed by atoms with Crippen molar-refractivity contribution in [1.29, 1.82) is 0 Å². The highest BCUT2D eigenvalue weighted by Gasteiger charge is 2.28. The Kier molecular flexibility index (Phi) is 15.1. The van der Waals surface area contributed by atoms with Crippen molar-refractivity contribution in [1.82, 2.24) is 10.2 Å². The fourth-order valence-corrected chi connectivity index (χ4v) is 4.63. The summed E-state index contributed by atoms with van der Waals surface area (Å²) in [6, 6.07) is 16.7. The summed E-state index contributed by atoms with van der Waals surface area (Å²) in [5.74, 6) is 0.857. The van der Waals surface area contributed by atoms with Crippen LogP contribution in [0.15, 0.2) is 48.5 Å². The lowest BCUT2D eigenvalue weighted by Gasteiger charge is -2.23. The molecular formula is C33H51BN2O5. The minimum Gasteiger partial charge on any atom is -0.444 e. The number of likely N-dealkylation sites (tertiary alicyclic amines) is 1. The zero-order chi connectivity index (χ0) is 30.3. The van der Waals surface area contributed by atoms with Gasteiger partial charge in [0.1, 0.15) is 5.60 Å². The van der Waals surface area contributed by atoms with Crippen LogP contribution >= 0.6 is 0 Å². The van der Waals surface area contributed by atoms with Crippen LogP contribution in [0.5, 0.6) is 0 Å². The molecule has 2 saturated heterocycles. The van der Waals surface area contributed by atoms with E-state index in [4.69, 9.17) is 14.8 Å². The molecule has 2 aliphatic rings. The predicted molar refractivity (Wildman–Crippen MR) is 168 cm³/mol. The molecule has 1 atom stereocenters. The molecule has 7 nitrogen and oxygen atoms in total. The van der Waals surface area contributed by atoms with Crippen molar-refractivity contribution in [3.8, 4) is 0 Å². The van der Waals surface area contributed by atoms with Crippen molar-refractivity contribution in [2.45, 2.75) is 97.5 Å². The van der Waals surface area contributed by atoms with Crippen LogP contribution in [0, 0.1) is 0 Å². The highest BCUT2D eigenvalue weighted by atomic mass is 16.6. The van der Waals surface area contributed by atoms with E-state index in [1.54, 1.807) is 12.1 Å². The molecule has 2 aliphatic heterocycles. The first-order valence-corrected chi connectivity index (χ1v) is 15.3. The number of carbonyl (C=O) groups excluding carboxylic acids is 2. The third-order valence-corrected chi connectivity index (χ3v) is 7.11. The van der Waals surface area contributed by atoms with Gasteiger partial charge in [-0.3, -0.25) is 4.79 Å². The monoisotopic (exact) mass is 566 g/mol. The zero-order valence-electron chi connectivity index (χ0n) is 25.8. The number of benzene rings is 2. The number of unbranched alkanes of at least 4 members (excludes halogenated alkanes) is 2. The molecule has 1 unspecified atom stereocenters. The van der Waals surface area contributed by atoms with Gasteiger partial charge in [-0.25, -0.2) is 4.79 Å². The fourth-order valence-electron chi connectivity index (χ4n) is 4.63. The highest BCUT2D eigenvalue weighted by Crippen LogP contribution is 2.22. The molecule has 3 N–H and O–H groups in total. The second-order valence-corrected chi connectivity index (χ2v) is 11.9. The van der Waals surface area contributed by atoms with Crippen molar-refractivity contribution in [3.05, 3.63) is 65.2 Å². The predicted octanol–water partition coefficient (Wildman–Crippen LogP) is 5.01. The minimum atomic E-state index is -1.35. The van der Waals surface area contributed by atoms with E-state index in [1.807, 2.05) is 32.9 Å². The average molecular weight is 567 g/mol. The lowest BCUT2D eigenvalue weighted by molar-refractivity contribution is -0.116. The van der Waals surface area contributed by atoms with Crippen LogP contribution in [-0.4, -0.2) is 65.7 Å². The summed E-state index contributed by atoms with van der Waals surface area (Å²) in [6.45, 7) is 12.9. The molecule has 0 saturated carbocycles. The Morgan fingerprint density at radius 2 is 1.54 bits per heavy atom. The summed E-state index contributed by atoms with van der Waals surface area (Å²) in [6.07, 6.45) is 8.63. The van der Waals surface area contributed by atoms with Crippen LogP contribution in [-0.2, 0) is 22.4 Å². The maximum atomic E-state index is 11.4. The van der Waals surface area contributed by atoms with Crippen molar-refractivity contribution >= 4 is 24.5 Å². The maximum absolute atomic E-state index is 11.4. The summed E-state index contributed by atoms with van der Waals surface area (Å²) in [5, 5.41) is 21.1. The minimum absolute atomic E-state index is 0.103. The number of ether oxygens (including phenoxy) is 1. The molecule has 2 fully saturated rings. The molecule has 0 spiro atoms. The zero-order valence-corrected chi connectivity index (χ0v) is 25.8. The Balaban J connectivity index is 0.000000216. The Hall–Kier alpha value is -2.68. The van der Waals surface area contributed by atoms with Crippen LogP contribution in [0.1, 0.15) is 95.8 Å². The van der Waals surface area contributed by atoms with Crippen LogP contribution in [0.4, 0.5) is 4.79 Å². The second kappa shape index (κ2) is 18.0. The summed E-state index contributed by atoms with van der Waals surface area (Å²) in [7, 11) is -1.35. The normalized spacial score (nSPS) is 16.4. The Labute approximate surface area is 247 Å². The lowest BCUT2D eigenvalue weighted by atomic mass is 9.80. The number of aryl methyl sites for hydroxylation is 2. The molecule has 41 heavy (non-hydrogen) atoms. The first kappa shape index (κ1) is 34.5. The molecule has 8 heteroatoms. The van der Waals surface area contributed by atoms with E-state index in [-0.39, 0.29) is 12.3 Å². The molecule has 0 bridgehead atoms. The molecule has 0 radical (unpaired) electrons. The largest absolute Gasteiger partial charge is 0.488 e. The van der Waals surface area contributed by atoms with Crippen LogP contribution in [0.25, 0.3) is 0 Å². The van der Waals surface area contributed by atoms with E-state index < -0.39 is 18.8 Å². The number of Topliss-reactive ketones (excluding diaryl/α,β-unsaturated/α-hetero) is 1. The summed E-state index contributed by atoms with van der Waals surface area (Å²) in [4.78, 5) is 23.7. The molecule has 2 aromatic carbocycles. The SMILES string of the molecule is CC(C)(C)OC(=O)N1CCC(=O)C1.CCCCc1ccc(B(O)O)cc1.CCCCc1ccc(C2CCNC2)cc1. The van der Waals surface area contributed by atoms with Gasteiger partial charge in [0.25, 0.3) is 0 Å². The third-order valence-electron chi connectivity index (χ3n) is 7.11. The number of nitrogens with one attached hydrogen (secondary N) is 1. The van der Waals surface area contributed by atoms with Gasteiger partial charge in [-0.2, -0.15) is 0 Å². The van der Waals surface area contributed by atoms with Gasteiger partial charge in [0.2, 0.25) is 0 Å². The molecule has 2 aromatic rings. The van der Waals surface area contributed by atoms with Crippen molar-refractivity contribution < 1.29 is 24.4 Å². The number of rotatable bonds is 8. The molecule has 2 heterocycles. The Morgan fingerprint density at radius 1 is 0.976 bits per heavy atom. The molecular weight excluding hydrogens is 515 g/mol. The first-order chi connectivity index (χ1) is 19.5. The van der Waals surface area contributed by atoms with E-state index >= 15 is 0 Å². The molecule has 1 amide bonds. The number of hydrogen-bond acceptors (Lipinski definition) is 6. The van der Waals surface area contributed by atoms with E-state index in [9.17, 15) is 9.59 Å². The smallest absolute Gasteiger partial charge is 0.444 e. The quantitative estimate of drug-likeness (QED) is 0.389. The Bertz CT molecular complexity index is 1030. The van der Waals surface area contributed by atoms with E-state index in [1.165, 1.54) is 66.7 Å². The fraction of sp³-hybridized carbons (Fsp3) is 0.576. The van der Waals surface area contributed by atoms with Gasteiger partial charge in [-0.05, 0) is 87.5 Å². The number of carbonyl (C=O) groups is 2. The van der Waals surface area contributed by atoms with E-state index in [0.29, 0.717) is 18.4 Å². The van der Waals surface area contributed by atoms with Crippen LogP contribution in [0.2, 0.25) is 0 Å².